The predicted octanol–water partition coefficient (Wildman–Crippen LogP) is 6.25. The lowest BCUT2D eigenvalue weighted by Crippen LogP contribution is -2.14. The number of carbonyl (C=O) groups is 1. The van der Waals surface area contributed by atoms with Gasteiger partial charge in [0.05, 0.1) is 5.56 Å². The van der Waals surface area contributed by atoms with Crippen molar-refractivity contribution in [3.05, 3.63) is 107 Å². The van der Waals surface area contributed by atoms with Crippen LogP contribution in [0.4, 0.5) is 18.9 Å². The Balaban J connectivity index is 1.65. The zero-order valence-electron chi connectivity index (χ0n) is 17.3. The van der Waals surface area contributed by atoms with E-state index in [9.17, 15) is 23.2 Å². The highest BCUT2D eigenvalue weighted by atomic mass is 19.4. The third-order valence-corrected chi connectivity index (χ3v) is 5.13. The molecule has 33 heavy (non-hydrogen) atoms. The number of amides is 1. The molecule has 3 aromatic carbocycles. The first-order valence-electron chi connectivity index (χ1n) is 10.1. The first-order chi connectivity index (χ1) is 15.8. The smallest absolute Gasteiger partial charge is 0.342 e. The van der Waals surface area contributed by atoms with Crippen LogP contribution in [-0.4, -0.2) is 10.5 Å². The van der Waals surface area contributed by atoms with Crippen LogP contribution in [0.5, 0.6) is 0 Å². The molecule has 0 unspecified atom stereocenters. The zero-order chi connectivity index (χ0) is 23.4. The van der Waals surface area contributed by atoms with Gasteiger partial charge < -0.3 is 9.88 Å². The molecular weight excluding hydrogens is 427 g/mol. The van der Waals surface area contributed by atoms with Gasteiger partial charge in [0.25, 0.3) is 5.91 Å². The van der Waals surface area contributed by atoms with E-state index in [0.29, 0.717) is 12.1 Å². The number of hydrogen-bond acceptors (Lipinski definition) is 2. The van der Waals surface area contributed by atoms with Crippen LogP contribution in [0, 0.1) is 11.3 Å². The van der Waals surface area contributed by atoms with E-state index >= 15 is 0 Å². The molecule has 164 valence electrons. The molecule has 4 aromatic rings. The molecule has 0 radical (unpaired) electrons. The summed E-state index contributed by atoms with van der Waals surface area (Å²) in [4.78, 5) is 12.7. The minimum atomic E-state index is -4.53. The molecule has 0 saturated carbocycles. The van der Waals surface area contributed by atoms with Gasteiger partial charge in [-0.1, -0.05) is 54.6 Å². The quantitative estimate of drug-likeness (QED) is 0.291. The Hall–Kier alpha value is -4.31. The normalized spacial score (nSPS) is 11.9. The third kappa shape index (κ3) is 4.96. The fourth-order valence-corrected chi connectivity index (χ4v) is 3.58. The number of nitrogens with one attached hydrogen (secondary N) is 1. The van der Waals surface area contributed by atoms with Crippen molar-refractivity contribution in [2.75, 3.05) is 5.32 Å². The third-order valence-electron chi connectivity index (χ3n) is 5.13. The summed E-state index contributed by atoms with van der Waals surface area (Å²) in [5.41, 5.74) is 1.56. The van der Waals surface area contributed by atoms with E-state index < -0.39 is 17.6 Å². The van der Waals surface area contributed by atoms with Gasteiger partial charge in [0.1, 0.15) is 11.6 Å². The number of benzene rings is 3. The molecule has 0 aliphatic rings. The topological polar surface area (TPSA) is 57.8 Å². The minimum absolute atomic E-state index is 0.0394. The van der Waals surface area contributed by atoms with Gasteiger partial charge in [-0.3, -0.25) is 4.79 Å². The maximum absolute atomic E-state index is 12.9. The van der Waals surface area contributed by atoms with E-state index in [-0.39, 0.29) is 11.3 Å². The molecule has 0 fully saturated rings. The van der Waals surface area contributed by atoms with Gasteiger partial charge in [0.15, 0.2) is 0 Å². The largest absolute Gasteiger partial charge is 0.416 e. The molecule has 1 heterocycles. The van der Waals surface area contributed by atoms with Gasteiger partial charge in [0, 0.05) is 34.9 Å². The van der Waals surface area contributed by atoms with Crippen molar-refractivity contribution in [3.8, 4) is 6.07 Å². The average molecular weight is 445 g/mol. The summed E-state index contributed by atoms with van der Waals surface area (Å²) in [5.74, 6) is -0.781. The molecule has 0 aliphatic carbocycles. The van der Waals surface area contributed by atoms with E-state index in [1.807, 2.05) is 71.4 Å². The Labute approximate surface area is 188 Å². The number of aromatic nitrogens is 1. The van der Waals surface area contributed by atoms with Crippen molar-refractivity contribution in [1.82, 2.24) is 4.57 Å². The second-order valence-electron chi connectivity index (χ2n) is 7.42. The highest BCUT2D eigenvalue weighted by molar-refractivity contribution is 6.10. The highest BCUT2D eigenvalue weighted by Crippen LogP contribution is 2.31. The number of nitriles is 1. The number of nitrogens with zero attached hydrogens (tertiary/aromatic N) is 2. The van der Waals surface area contributed by atoms with E-state index in [1.165, 1.54) is 18.2 Å². The Morgan fingerprint density at radius 1 is 1.00 bits per heavy atom. The Kier molecular flexibility index (Phi) is 6.01. The van der Waals surface area contributed by atoms with E-state index in [4.69, 9.17) is 0 Å². The maximum Gasteiger partial charge on any atom is 0.416 e. The standard InChI is InChI=1S/C26H18F3N3O/c27-26(28,29)21-9-6-10-22(14-21)31-25(33)19(15-30)13-20-17-32(16-18-7-2-1-3-8-18)24-12-5-4-11-23(20)24/h1-14,17H,16H2,(H,31,33). The van der Waals surface area contributed by atoms with Crippen molar-refractivity contribution in [2.24, 2.45) is 0 Å². The molecule has 4 rings (SSSR count). The molecule has 1 N–H and O–H groups in total. The predicted molar refractivity (Wildman–Crippen MR) is 121 cm³/mol. The number of rotatable bonds is 5. The molecular formula is C26H18F3N3O. The lowest BCUT2D eigenvalue weighted by molar-refractivity contribution is -0.137. The van der Waals surface area contributed by atoms with Crippen LogP contribution >= 0.6 is 0 Å². The first-order valence-corrected chi connectivity index (χ1v) is 10.1. The SMILES string of the molecule is N#CC(=Cc1cn(Cc2ccccc2)c2ccccc12)C(=O)Nc1cccc(C(F)(F)F)c1. The number of halogens is 3. The molecule has 0 bridgehead atoms. The Morgan fingerprint density at radius 3 is 2.45 bits per heavy atom. The number of hydrogen-bond donors (Lipinski definition) is 1. The Morgan fingerprint density at radius 2 is 1.73 bits per heavy atom. The van der Waals surface area contributed by atoms with E-state index in [0.717, 1.165) is 28.6 Å². The van der Waals surface area contributed by atoms with Crippen LogP contribution in [0.3, 0.4) is 0 Å². The van der Waals surface area contributed by atoms with Crippen molar-refractivity contribution >= 4 is 28.6 Å². The van der Waals surface area contributed by atoms with E-state index in [2.05, 4.69) is 5.32 Å². The molecule has 0 spiro atoms. The van der Waals surface area contributed by atoms with Gasteiger partial charge in [-0.15, -0.1) is 0 Å². The number of alkyl halides is 3. The number of carbonyl (C=O) groups excluding carboxylic acids is 1. The molecule has 1 amide bonds. The fourth-order valence-electron chi connectivity index (χ4n) is 3.58. The lowest BCUT2D eigenvalue weighted by Gasteiger charge is -2.09. The van der Waals surface area contributed by atoms with Crippen LogP contribution in [0.15, 0.2) is 90.6 Å². The summed E-state index contributed by atoms with van der Waals surface area (Å²) < 4.78 is 40.9. The van der Waals surface area contributed by atoms with Gasteiger partial charge in [-0.2, -0.15) is 18.4 Å². The van der Waals surface area contributed by atoms with Gasteiger partial charge >= 0.3 is 6.18 Å². The Bertz CT molecular complexity index is 1380. The summed E-state index contributed by atoms with van der Waals surface area (Å²) in [6.07, 6.45) is -1.23. The summed E-state index contributed by atoms with van der Waals surface area (Å²) in [6.45, 7) is 0.605. The molecule has 0 atom stereocenters. The van der Waals surface area contributed by atoms with Crippen LogP contribution in [-0.2, 0) is 17.5 Å². The lowest BCUT2D eigenvalue weighted by atomic mass is 10.1. The van der Waals surface area contributed by atoms with Crippen LogP contribution in [0.25, 0.3) is 17.0 Å². The highest BCUT2D eigenvalue weighted by Gasteiger charge is 2.30. The van der Waals surface area contributed by atoms with Crippen LogP contribution < -0.4 is 5.32 Å². The molecule has 4 nitrogen and oxygen atoms in total. The van der Waals surface area contributed by atoms with Gasteiger partial charge in [0.2, 0.25) is 0 Å². The number of anilines is 1. The average Bonchev–Trinajstić information content (AvgIpc) is 3.15. The molecule has 1 aromatic heterocycles. The summed E-state index contributed by atoms with van der Waals surface area (Å²) in [5, 5.41) is 12.8. The van der Waals surface area contributed by atoms with Crippen molar-refractivity contribution < 1.29 is 18.0 Å². The zero-order valence-corrected chi connectivity index (χ0v) is 17.3. The van der Waals surface area contributed by atoms with Gasteiger partial charge in [-0.25, -0.2) is 0 Å². The minimum Gasteiger partial charge on any atom is -0.342 e. The maximum atomic E-state index is 12.9. The molecule has 7 heteroatoms. The summed E-state index contributed by atoms with van der Waals surface area (Å²) >= 11 is 0. The molecule has 0 saturated heterocycles. The van der Waals surface area contributed by atoms with Crippen molar-refractivity contribution in [1.29, 1.82) is 5.26 Å². The molecule has 0 aliphatic heterocycles. The second-order valence-corrected chi connectivity index (χ2v) is 7.42. The summed E-state index contributed by atoms with van der Waals surface area (Å²) in [6, 6.07) is 23.6. The van der Waals surface area contributed by atoms with Crippen molar-refractivity contribution in [2.45, 2.75) is 12.7 Å². The van der Waals surface area contributed by atoms with Crippen LogP contribution in [0.1, 0.15) is 16.7 Å². The van der Waals surface area contributed by atoms with Crippen LogP contribution in [0.2, 0.25) is 0 Å². The fraction of sp³-hybridized carbons (Fsp3) is 0.0769. The van der Waals surface area contributed by atoms with E-state index in [1.54, 1.807) is 0 Å². The monoisotopic (exact) mass is 445 g/mol. The first kappa shape index (κ1) is 21.9. The number of fused-ring (bicyclic) bond motifs is 1. The van der Waals surface area contributed by atoms with Gasteiger partial charge in [-0.05, 0) is 35.9 Å². The summed E-state index contributed by atoms with van der Waals surface area (Å²) in [7, 11) is 0. The van der Waals surface area contributed by atoms with Crippen molar-refractivity contribution in [3.63, 3.8) is 0 Å². The number of para-hydroxylation sites is 1. The second kappa shape index (κ2) is 9.05.